The Balaban J connectivity index is 4.60. The molecule has 21 heavy (non-hydrogen) atoms. The topological polar surface area (TPSA) is 106 Å². The number of hydrogen-bond donors (Lipinski definition) is 2. The molecule has 3 N–H and O–H groups in total. The summed E-state index contributed by atoms with van der Waals surface area (Å²) in [6, 6.07) is 0. The molecule has 0 aromatic rings. The van der Waals surface area contributed by atoms with Gasteiger partial charge in [0.1, 0.15) is 17.0 Å². The largest absolute Gasteiger partial charge is 0.460 e. The van der Waals surface area contributed by atoms with Crippen LogP contribution in [0.4, 0.5) is 4.79 Å². The van der Waals surface area contributed by atoms with E-state index in [2.05, 4.69) is 0 Å². The molecule has 0 fully saturated rings. The monoisotopic (exact) mass is 301 g/mol. The third-order valence-electron chi connectivity index (χ3n) is 2.02. The lowest BCUT2D eigenvalue weighted by Gasteiger charge is -2.27. The van der Waals surface area contributed by atoms with E-state index in [4.69, 9.17) is 20.6 Å². The zero-order valence-corrected chi connectivity index (χ0v) is 13.8. The van der Waals surface area contributed by atoms with E-state index in [0.717, 1.165) is 0 Å². The summed E-state index contributed by atoms with van der Waals surface area (Å²) in [4.78, 5) is 24.9. The number of carbonyl (C=O) groups is 2. The zero-order valence-electron chi connectivity index (χ0n) is 13.8. The Hall–Kier alpha value is -1.79. The maximum absolute atomic E-state index is 12.0. The van der Waals surface area contributed by atoms with Gasteiger partial charge in [-0.05, 0) is 41.5 Å². The Kier molecular flexibility index (Phi) is 6.66. The predicted molar refractivity (Wildman–Crippen MR) is 80.2 cm³/mol. The van der Waals surface area contributed by atoms with Crippen molar-refractivity contribution < 1.29 is 19.1 Å². The Bertz CT molecular complexity index is 394. The van der Waals surface area contributed by atoms with E-state index in [1.807, 2.05) is 0 Å². The molecule has 0 aromatic heterocycles. The number of rotatable bonds is 5. The number of nitrogens with one attached hydrogen (secondary N) is 1. The number of ether oxygens (including phenoxy) is 2. The van der Waals surface area contributed by atoms with Crippen LogP contribution in [0.3, 0.4) is 0 Å². The van der Waals surface area contributed by atoms with Crippen molar-refractivity contribution in [2.45, 2.75) is 59.2 Å². The van der Waals surface area contributed by atoms with Crippen molar-refractivity contribution in [3.63, 3.8) is 0 Å². The minimum absolute atomic E-state index is 0.0177. The molecule has 7 heteroatoms. The summed E-state index contributed by atoms with van der Waals surface area (Å²) in [6.45, 7) is 10.5. The van der Waals surface area contributed by atoms with Crippen molar-refractivity contribution in [2.75, 3.05) is 13.1 Å². The first-order valence-corrected chi connectivity index (χ1v) is 6.83. The SMILES string of the molecule is CC(C)(C)OC(=O)CCN(CC(=N)N)C(=O)OC(C)(C)C. The van der Waals surface area contributed by atoms with Crippen LogP contribution in [-0.4, -0.2) is 47.1 Å². The number of nitrogens with zero attached hydrogens (tertiary/aromatic N) is 1. The summed E-state index contributed by atoms with van der Waals surface area (Å²) < 4.78 is 10.4. The van der Waals surface area contributed by atoms with Crippen LogP contribution >= 0.6 is 0 Å². The molecular formula is C14H27N3O4. The van der Waals surface area contributed by atoms with Gasteiger partial charge in [-0.15, -0.1) is 0 Å². The van der Waals surface area contributed by atoms with E-state index in [0.29, 0.717) is 0 Å². The smallest absolute Gasteiger partial charge is 0.410 e. The van der Waals surface area contributed by atoms with Crippen molar-refractivity contribution in [2.24, 2.45) is 5.73 Å². The quantitative estimate of drug-likeness (QED) is 0.458. The lowest BCUT2D eigenvalue weighted by Crippen LogP contribution is -2.42. The third kappa shape index (κ3) is 10.6. The summed E-state index contributed by atoms with van der Waals surface area (Å²) in [5.74, 6) is -0.593. The molecule has 0 aliphatic heterocycles. The molecular weight excluding hydrogens is 274 g/mol. The number of nitrogens with two attached hydrogens (primary N) is 1. The molecule has 0 radical (unpaired) electrons. The van der Waals surface area contributed by atoms with Gasteiger partial charge >= 0.3 is 12.1 Å². The molecule has 1 amide bonds. The van der Waals surface area contributed by atoms with Gasteiger partial charge in [0.25, 0.3) is 0 Å². The molecule has 0 atom stereocenters. The molecule has 0 rings (SSSR count). The maximum atomic E-state index is 12.0. The second-order valence-electron chi connectivity index (χ2n) is 6.76. The number of carbonyl (C=O) groups excluding carboxylic acids is 2. The Morgan fingerprint density at radius 1 is 1.05 bits per heavy atom. The fourth-order valence-electron chi connectivity index (χ4n) is 1.39. The Labute approximate surface area is 126 Å². The molecule has 0 bridgehead atoms. The average molecular weight is 301 g/mol. The van der Waals surface area contributed by atoms with Gasteiger partial charge in [0.2, 0.25) is 0 Å². The molecule has 0 saturated carbocycles. The summed E-state index contributed by atoms with van der Waals surface area (Å²) in [7, 11) is 0. The van der Waals surface area contributed by atoms with E-state index in [-0.39, 0.29) is 25.3 Å². The Morgan fingerprint density at radius 2 is 1.52 bits per heavy atom. The fraction of sp³-hybridized carbons (Fsp3) is 0.786. The first kappa shape index (κ1) is 19.2. The molecule has 0 aliphatic rings. The van der Waals surface area contributed by atoms with Crippen LogP contribution in [0.2, 0.25) is 0 Å². The highest BCUT2D eigenvalue weighted by Gasteiger charge is 2.24. The van der Waals surface area contributed by atoms with Gasteiger partial charge in [-0.3, -0.25) is 10.2 Å². The van der Waals surface area contributed by atoms with Crippen molar-refractivity contribution >= 4 is 17.9 Å². The fourth-order valence-corrected chi connectivity index (χ4v) is 1.39. The number of amides is 1. The molecule has 0 saturated heterocycles. The number of amidine groups is 1. The lowest BCUT2D eigenvalue weighted by molar-refractivity contribution is -0.155. The van der Waals surface area contributed by atoms with Crippen molar-refractivity contribution in [1.29, 1.82) is 5.41 Å². The Morgan fingerprint density at radius 3 is 1.90 bits per heavy atom. The van der Waals surface area contributed by atoms with Gasteiger partial charge in [0.05, 0.1) is 13.0 Å². The lowest BCUT2D eigenvalue weighted by atomic mass is 10.2. The summed E-state index contributed by atoms with van der Waals surface area (Å²) in [5, 5.41) is 7.29. The molecule has 0 unspecified atom stereocenters. The summed E-state index contributed by atoms with van der Waals surface area (Å²) in [6.07, 6.45) is -0.592. The average Bonchev–Trinajstić information content (AvgIpc) is 2.18. The van der Waals surface area contributed by atoms with E-state index in [9.17, 15) is 9.59 Å². The minimum atomic E-state index is -0.655. The summed E-state index contributed by atoms with van der Waals surface area (Å²) in [5.41, 5.74) is 4.09. The second kappa shape index (κ2) is 7.28. The van der Waals surface area contributed by atoms with Gasteiger partial charge in [0.15, 0.2) is 0 Å². The highest BCUT2D eigenvalue weighted by atomic mass is 16.6. The van der Waals surface area contributed by atoms with Gasteiger partial charge in [-0.2, -0.15) is 0 Å². The number of hydrogen-bond acceptors (Lipinski definition) is 5. The van der Waals surface area contributed by atoms with Crippen molar-refractivity contribution in [3.8, 4) is 0 Å². The standard InChI is InChI=1S/C14H27N3O4/c1-13(2,3)20-11(18)7-8-17(9-10(15)16)12(19)21-14(4,5)6/h7-9H2,1-6H3,(H3,15,16). The van der Waals surface area contributed by atoms with Gasteiger partial charge in [0, 0.05) is 6.54 Å². The first-order valence-electron chi connectivity index (χ1n) is 6.83. The normalized spacial score (nSPS) is 11.7. The van der Waals surface area contributed by atoms with Gasteiger partial charge in [-0.25, -0.2) is 4.79 Å². The molecule has 0 spiro atoms. The minimum Gasteiger partial charge on any atom is -0.460 e. The van der Waals surface area contributed by atoms with E-state index in [1.54, 1.807) is 41.5 Å². The van der Waals surface area contributed by atoms with Crippen molar-refractivity contribution in [1.82, 2.24) is 4.90 Å². The van der Waals surface area contributed by atoms with Crippen molar-refractivity contribution in [3.05, 3.63) is 0 Å². The summed E-state index contributed by atoms with van der Waals surface area (Å²) >= 11 is 0. The highest BCUT2D eigenvalue weighted by Crippen LogP contribution is 2.12. The third-order valence-corrected chi connectivity index (χ3v) is 2.02. The first-order chi connectivity index (χ1) is 9.30. The van der Waals surface area contributed by atoms with Crippen LogP contribution < -0.4 is 5.73 Å². The maximum Gasteiger partial charge on any atom is 0.410 e. The van der Waals surface area contributed by atoms with E-state index < -0.39 is 23.3 Å². The second-order valence-corrected chi connectivity index (χ2v) is 6.76. The van der Waals surface area contributed by atoms with Gasteiger partial charge in [-0.1, -0.05) is 0 Å². The van der Waals surface area contributed by atoms with Crippen LogP contribution in [0.5, 0.6) is 0 Å². The molecule has 122 valence electrons. The van der Waals surface area contributed by atoms with Crippen LogP contribution in [0.1, 0.15) is 48.0 Å². The van der Waals surface area contributed by atoms with Gasteiger partial charge < -0.3 is 20.1 Å². The van der Waals surface area contributed by atoms with Crippen LogP contribution in [-0.2, 0) is 14.3 Å². The molecule has 7 nitrogen and oxygen atoms in total. The van der Waals surface area contributed by atoms with E-state index in [1.165, 1.54) is 4.90 Å². The predicted octanol–water partition coefficient (Wildman–Crippen LogP) is 1.89. The molecule has 0 aromatic carbocycles. The van der Waals surface area contributed by atoms with Crippen LogP contribution in [0, 0.1) is 5.41 Å². The highest BCUT2D eigenvalue weighted by molar-refractivity contribution is 5.83. The van der Waals surface area contributed by atoms with E-state index >= 15 is 0 Å². The molecule has 0 heterocycles. The number of esters is 1. The van der Waals surface area contributed by atoms with Crippen LogP contribution in [0.25, 0.3) is 0 Å². The zero-order chi connectivity index (χ0) is 16.8. The van der Waals surface area contributed by atoms with Crippen LogP contribution in [0.15, 0.2) is 0 Å². The molecule has 0 aliphatic carbocycles.